The van der Waals surface area contributed by atoms with Gasteiger partial charge in [-0.1, -0.05) is 0 Å². The summed E-state index contributed by atoms with van der Waals surface area (Å²) >= 11 is 0. The number of imidazole rings is 2. The van der Waals surface area contributed by atoms with Crippen LogP contribution in [0.3, 0.4) is 0 Å². The fourth-order valence-corrected chi connectivity index (χ4v) is 2.89. The van der Waals surface area contributed by atoms with Crippen molar-refractivity contribution in [3.8, 4) is 0 Å². The molecule has 0 saturated carbocycles. The first-order valence-corrected chi connectivity index (χ1v) is 10.2. The average molecular weight is 478 g/mol. The molecule has 0 radical (unpaired) electrons. The maximum Gasteiger partial charge on any atom is 0.326 e. The predicted molar refractivity (Wildman–Crippen MR) is 114 cm³/mol. The summed E-state index contributed by atoms with van der Waals surface area (Å²) in [6, 6.07) is -3.58. The number of aliphatic carboxylic acids is 2. The molecule has 9 N–H and O–H groups in total. The molecule has 0 aromatic carbocycles. The quantitative estimate of drug-likeness (QED) is 0.139. The second-order valence-corrected chi connectivity index (χ2v) is 7.34. The van der Waals surface area contributed by atoms with E-state index in [2.05, 4.69) is 35.9 Å². The number of rotatable bonds is 14. The number of hydrogen-bond donors (Lipinski definition) is 8. The molecular formula is C19H26N8O7. The Hall–Kier alpha value is -4.27. The number of nitrogens with one attached hydrogen (secondary N) is 5. The maximum atomic E-state index is 12.5. The van der Waals surface area contributed by atoms with Crippen LogP contribution in [-0.4, -0.2) is 84.5 Å². The maximum absolute atomic E-state index is 12.5. The number of carboxylic acids is 2. The Balaban J connectivity index is 1.91. The molecule has 0 bridgehead atoms. The summed E-state index contributed by atoms with van der Waals surface area (Å²) in [7, 11) is 0. The smallest absolute Gasteiger partial charge is 0.326 e. The highest BCUT2D eigenvalue weighted by atomic mass is 16.4. The molecule has 0 spiro atoms. The minimum atomic E-state index is -1.29. The summed E-state index contributed by atoms with van der Waals surface area (Å²) in [4.78, 5) is 72.5. The van der Waals surface area contributed by atoms with E-state index < -0.39 is 60.8 Å². The zero-order chi connectivity index (χ0) is 25.1. The fourth-order valence-electron chi connectivity index (χ4n) is 2.89. The van der Waals surface area contributed by atoms with Crippen molar-refractivity contribution in [1.29, 1.82) is 0 Å². The van der Waals surface area contributed by atoms with Crippen LogP contribution >= 0.6 is 0 Å². The fraction of sp³-hybridized carbons (Fsp3) is 0.421. The summed E-state index contributed by atoms with van der Waals surface area (Å²) in [5.74, 6) is -4.78. The molecule has 2 rings (SSSR count). The summed E-state index contributed by atoms with van der Waals surface area (Å²) in [6.45, 7) is -0.592. The number of H-pyrrole nitrogens is 2. The van der Waals surface area contributed by atoms with Gasteiger partial charge in [0.25, 0.3) is 0 Å². The largest absolute Gasteiger partial charge is 0.481 e. The van der Waals surface area contributed by atoms with E-state index in [1.165, 1.54) is 25.0 Å². The number of aromatic nitrogens is 4. The second-order valence-electron chi connectivity index (χ2n) is 7.34. The van der Waals surface area contributed by atoms with Crippen LogP contribution in [-0.2, 0) is 36.8 Å². The molecule has 184 valence electrons. The number of hydrogen-bond acceptors (Lipinski definition) is 8. The highest BCUT2D eigenvalue weighted by Gasteiger charge is 2.26. The van der Waals surface area contributed by atoms with Crippen LogP contribution in [0.15, 0.2) is 25.0 Å². The number of nitrogens with zero attached hydrogens (tertiary/aromatic N) is 2. The Morgan fingerprint density at radius 3 is 2.06 bits per heavy atom. The Bertz CT molecular complexity index is 977. The molecule has 0 aliphatic rings. The molecule has 2 heterocycles. The van der Waals surface area contributed by atoms with E-state index in [0.717, 1.165) is 0 Å². The lowest BCUT2D eigenvalue weighted by atomic mass is 10.1. The number of nitrogens with two attached hydrogens (primary N) is 1. The zero-order valence-corrected chi connectivity index (χ0v) is 18.0. The van der Waals surface area contributed by atoms with Gasteiger partial charge in [-0.15, -0.1) is 0 Å². The monoisotopic (exact) mass is 478 g/mol. The van der Waals surface area contributed by atoms with Crippen molar-refractivity contribution in [2.45, 2.75) is 43.8 Å². The Morgan fingerprint density at radius 2 is 1.53 bits per heavy atom. The molecule has 2 aromatic heterocycles. The van der Waals surface area contributed by atoms with E-state index in [4.69, 9.17) is 10.8 Å². The lowest BCUT2D eigenvalue weighted by molar-refractivity contribution is -0.141. The number of carbonyl (C=O) groups is 5. The Kier molecular flexibility index (Phi) is 9.70. The van der Waals surface area contributed by atoms with Crippen LogP contribution in [0, 0.1) is 0 Å². The van der Waals surface area contributed by atoms with E-state index >= 15 is 0 Å². The van der Waals surface area contributed by atoms with Crippen LogP contribution < -0.4 is 21.7 Å². The number of amides is 3. The van der Waals surface area contributed by atoms with Crippen molar-refractivity contribution in [3.63, 3.8) is 0 Å². The van der Waals surface area contributed by atoms with E-state index in [9.17, 15) is 29.1 Å². The molecule has 2 aromatic rings. The van der Waals surface area contributed by atoms with Crippen molar-refractivity contribution in [1.82, 2.24) is 35.9 Å². The molecular weight excluding hydrogens is 452 g/mol. The number of carboxylic acid groups (broad SMARTS) is 2. The van der Waals surface area contributed by atoms with E-state index in [1.807, 2.05) is 0 Å². The normalized spacial score (nSPS) is 13.3. The molecule has 3 amide bonds. The Labute approximate surface area is 192 Å². The molecule has 3 unspecified atom stereocenters. The molecule has 0 aliphatic heterocycles. The van der Waals surface area contributed by atoms with Gasteiger partial charge in [0.15, 0.2) is 0 Å². The van der Waals surface area contributed by atoms with Crippen LogP contribution in [0.5, 0.6) is 0 Å². The van der Waals surface area contributed by atoms with E-state index in [-0.39, 0.29) is 19.3 Å². The van der Waals surface area contributed by atoms with Crippen LogP contribution in [0.1, 0.15) is 24.2 Å². The minimum Gasteiger partial charge on any atom is -0.481 e. The SMILES string of the molecule is NC(Cc1cnc[nH]1)C(=O)NC(CCC(=O)O)C(=O)NCC(=O)NC(Cc1cnc[nH]1)C(=O)O. The predicted octanol–water partition coefficient (Wildman–Crippen LogP) is -2.72. The number of aromatic amines is 2. The van der Waals surface area contributed by atoms with Crippen LogP contribution in [0.25, 0.3) is 0 Å². The van der Waals surface area contributed by atoms with Gasteiger partial charge in [0.1, 0.15) is 12.1 Å². The second kappa shape index (κ2) is 12.7. The first-order chi connectivity index (χ1) is 16.2. The summed E-state index contributed by atoms with van der Waals surface area (Å²) in [5.41, 5.74) is 6.92. The molecule has 15 nitrogen and oxygen atoms in total. The topological polar surface area (TPSA) is 245 Å². The average Bonchev–Trinajstić information content (AvgIpc) is 3.48. The third kappa shape index (κ3) is 8.70. The molecule has 0 aliphatic carbocycles. The summed E-state index contributed by atoms with van der Waals surface area (Å²) in [5, 5.41) is 25.1. The van der Waals surface area contributed by atoms with Gasteiger partial charge in [-0.3, -0.25) is 19.2 Å². The molecule has 0 fully saturated rings. The minimum absolute atomic E-state index is 0.0550. The molecule has 3 atom stereocenters. The van der Waals surface area contributed by atoms with Crippen molar-refractivity contribution >= 4 is 29.7 Å². The van der Waals surface area contributed by atoms with Gasteiger partial charge >= 0.3 is 11.9 Å². The number of carbonyl (C=O) groups excluding carboxylic acids is 3. The summed E-state index contributed by atoms with van der Waals surface area (Å²) in [6.07, 6.45) is 5.05. The highest BCUT2D eigenvalue weighted by molar-refractivity contribution is 5.92. The third-order valence-corrected chi connectivity index (χ3v) is 4.65. The van der Waals surface area contributed by atoms with Gasteiger partial charge in [0, 0.05) is 43.0 Å². The van der Waals surface area contributed by atoms with Gasteiger partial charge in [-0.2, -0.15) is 0 Å². The summed E-state index contributed by atoms with van der Waals surface area (Å²) < 4.78 is 0. The highest BCUT2D eigenvalue weighted by Crippen LogP contribution is 2.02. The third-order valence-electron chi connectivity index (χ3n) is 4.65. The van der Waals surface area contributed by atoms with Gasteiger partial charge in [0.2, 0.25) is 17.7 Å². The van der Waals surface area contributed by atoms with Gasteiger partial charge in [-0.25, -0.2) is 14.8 Å². The standard InChI is InChI=1S/C19H26N8O7/c20-12(3-10-5-21-8-24-10)17(31)27-13(1-2-16(29)30)18(32)23-7-15(28)26-14(19(33)34)4-11-6-22-9-25-11/h5-6,8-9,12-14H,1-4,7,20H2,(H,21,24)(H,22,25)(H,23,32)(H,26,28)(H,27,31)(H,29,30)(H,33,34). The first-order valence-electron chi connectivity index (χ1n) is 10.2. The van der Waals surface area contributed by atoms with Gasteiger partial charge < -0.3 is 41.9 Å². The molecule has 15 heteroatoms. The van der Waals surface area contributed by atoms with Crippen LogP contribution in [0.2, 0.25) is 0 Å². The van der Waals surface area contributed by atoms with Gasteiger partial charge in [-0.05, 0) is 6.42 Å². The van der Waals surface area contributed by atoms with E-state index in [1.54, 1.807) is 0 Å². The Morgan fingerprint density at radius 1 is 0.912 bits per heavy atom. The molecule has 34 heavy (non-hydrogen) atoms. The van der Waals surface area contributed by atoms with E-state index in [0.29, 0.717) is 11.4 Å². The van der Waals surface area contributed by atoms with Crippen molar-refractivity contribution in [2.24, 2.45) is 5.73 Å². The zero-order valence-electron chi connectivity index (χ0n) is 18.0. The van der Waals surface area contributed by atoms with Crippen molar-refractivity contribution < 1.29 is 34.2 Å². The lowest BCUT2D eigenvalue weighted by Crippen LogP contribution is -2.54. The lowest BCUT2D eigenvalue weighted by Gasteiger charge is -2.20. The van der Waals surface area contributed by atoms with Crippen molar-refractivity contribution in [2.75, 3.05) is 6.54 Å². The van der Waals surface area contributed by atoms with Gasteiger partial charge in [0.05, 0.1) is 25.2 Å². The first kappa shape index (κ1) is 26.0. The van der Waals surface area contributed by atoms with Crippen molar-refractivity contribution in [3.05, 3.63) is 36.4 Å². The van der Waals surface area contributed by atoms with Crippen LogP contribution in [0.4, 0.5) is 0 Å². The molecule has 0 saturated heterocycles.